The molecule has 18 heavy (non-hydrogen) atoms. The van der Waals surface area contributed by atoms with E-state index in [1.54, 1.807) is 0 Å². The van der Waals surface area contributed by atoms with Crippen LogP contribution < -0.4 is 5.56 Å². The van der Waals surface area contributed by atoms with Gasteiger partial charge in [0.05, 0.1) is 5.29 Å². The molecule has 1 rings (SSSR count). The third-order valence-electron chi connectivity index (χ3n) is 2.83. The number of aryl methyl sites for hydroxylation is 1. The Bertz CT molecular complexity index is 484. The highest BCUT2D eigenvalue weighted by molar-refractivity contribution is 5.16. The molecule has 0 aliphatic rings. The molecule has 0 saturated carbocycles. The fraction of sp³-hybridized carbons (Fsp3) is 0.643. The van der Waals surface area contributed by atoms with E-state index in [1.807, 2.05) is 13.0 Å². The first-order valence-corrected chi connectivity index (χ1v) is 6.29. The Morgan fingerprint density at radius 3 is 2.44 bits per heavy atom. The van der Waals surface area contributed by atoms with Crippen LogP contribution in [0.5, 0.6) is 0 Å². The molecule has 100 valence electrons. The van der Waals surface area contributed by atoms with Crippen LogP contribution in [0.3, 0.4) is 0 Å². The molecule has 0 aliphatic heterocycles. The quantitative estimate of drug-likeness (QED) is 0.770. The first-order valence-electron chi connectivity index (χ1n) is 6.29. The molecule has 1 unspecified atom stereocenters. The van der Waals surface area contributed by atoms with E-state index in [2.05, 4.69) is 33.0 Å². The van der Waals surface area contributed by atoms with Crippen LogP contribution in [0.25, 0.3) is 0 Å². The third kappa shape index (κ3) is 4.09. The second kappa shape index (κ2) is 5.46. The van der Waals surface area contributed by atoms with E-state index in [-0.39, 0.29) is 11.0 Å². The molecule has 1 heterocycles. The van der Waals surface area contributed by atoms with E-state index in [4.69, 9.17) is 0 Å². The molecular weight excluding hydrogens is 228 g/mol. The van der Waals surface area contributed by atoms with Gasteiger partial charge < -0.3 is 0 Å². The summed E-state index contributed by atoms with van der Waals surface area (Å²) >= 11 is 0. The normalized spacial score (nSPS) is 13.4. The first-order chi connectivity index (χ1) is 8.23. The highest BCUT2D eigenvalue weighted by atomic mass is 16.3. The van der Waals surface area contributed by atoms with Gasteiger partial charge in [0.2, 0.25) is 0 Å². The minimum atomic E-state index is -0.344. The lowest BCUT2D eigenvalue weighted by Crippen LogP contribution is -2.22. The zero-order valence-corrected chi connectivity index (χ0v) is 11.9. The summed E-state index contributed by atoms with van der Waals surface area (Å²) in [7, 11) is 0. The Kier molecular flexibility index (Phi) is 4.43. The molecule has 0 fully saturated rings. The van der Waals surface area contributed by atoms with Gasteiger partial charge in [-0.1, -0.05) is 27.7 Å². The summed E-state index contributed by atoms with van der Waals surface area (Å²) in [5, 5.41) is 2.81. The van der Waals surface area contributed by atoms with Crippen molar-refractivity contribution in [1.82, 2.24) is 4.68 Å². The highest BCUT2D eigenvalue weighted by Gasteiger charge is 2.17. The lowest BCUT2D eigenvalue weighted by molar-refractivity contribution is 0.303. The number of nitrogens with zero attached hydrogens (tertiary/aromatic N) is 2. The van der Waals surface area contributed by atoms with E-state index < -0.39 is 0 Å². The predicted octanol–water partition coefficient (Wildman–Crippen LogP) is 3.30. The fourth-order valence-electron chi connectivity index (χ4n) is 2.48. The highest BCUT2D eigenvalue weighted by Crippen LogP contribution is 2.26. The van der Waals surface area contributed by atoms with Crippen LogP contribution in [0.4, 0.5) is 0 Å². The minimum Gasteiger partial charge on any atom is -0.267 e. The van der Waals surface area contributed by atoms with Crippen molar-refractivity contribution in [3.63, 3.8) is 0 Å². The van der Waals surface area contributed by atoms with Crippen LogP contribution in [-0.4, -0.2) is 4.68 Å². The zero-order valence-electron chi connectivity index (χ0n) is 11.9. The topological polar surface area (TPSA) is 51.4 Å². The van der Waals surface area contributed by atoms with Crippen molar-refractivity contribution in [2.24, 2.45) is 16.6 Å². The number of nitroso groups, excluding NO2 is 1. The maximum Gasteiger partial charge on any atom is 0.273 e. The second-order valence-corrected chi connectivity index (χ2v) is 6.33. The summed E-state index contributed by atoms with van der Waals surface area (Å²) in [6.07, 6.45) is 1.73. The molecule has 0 saturated heterocycles. The van der Waals surface area contributed by atoms with Gasteiger partial charge >= 0.3 is 0 Å². The summed E-state index contributed by atoms with van der Waals surface area (Å²) in [6.45, 7) is 10.5. The van der Waals surface area contributed by atoms with Crippen LogP contribution in [-0.2, 0) is 6.42 Å². The summed E-state index contributed by atoms with van der Waals surface area (Å²) in [4.78, 5) is 22.4. The fourth-order valence-corrected chi connectivity index (χ4v) is 2.48. The van der Waals surface area contributed by atoms with Gasteiger partial charge in [0, 0.05) is 11.8 Å². The van der Waals surface area contributed by atoms with E-state index in [9.17, 15) is 9.70 Å². The van der Waals surface area contributed by atoms with Crippen molar-refractivity contribution in [2.75, 3.05) is 0 Å². The number of hydrogen-bond donors (Lipinski definition) is 0. The molecular formula is C14H22N2O2. The Labute approximate surface area is 108 Å². The van der Waals surface area contributed by atoms with Crippen molar-refractivity contribution in [2.45, 2.75) is 47.5 Å². The van der Waals surface area contributed by atoms with Gasteiger partial charge in [0.1, 0.15) is 0 Å². The molecule has 1 atom stereocenters. The number of rotatable bonds is 4. The van der Waals surface area contributed by atoms with Crippen LogP contribution in [0.15, 0.2) is 22.2 Å². The van der Waals surface area contributed by atoms with Crippen LogP contribution >= 0.6 is 0 Å². The van der Waals surface area contributed by atoms with Gasteiger partial charge in [-0.2, -0.15) is 4.68 Å². The number of aromatic nitrogens is 1. The van der Waals surface area contributed by atoms with Crippen molar-refractivity contribution in [3.8, 4) is 0 Å². The van der Waals surface area contributed by atoms with Gasteiger partial charge in [0.25, 0.3) is 5.56 Å². The average molecular weight is 250 g/mol. The molecule has 0 bridgehead atoms. The van der Waals surface area contributed by atoms with Crippen molar-refractivity contribution >= 4 is 0 Å². The molecule has 0 spiro atoms. The van der Waals surface area contributed by atoms with Gasteiger partial charge in [-0.3, -0.25) is 4.79 Å². The maximum atomic E-state index is 11.6. The Hall–Kier alpha value is -1.45. The van der Waals surface area contributed by atoms with Crippen LogP contribution in [0.1, 0.15) is 45.4 Å². The molecule has 1 aromatic heterocycles. The molecule has 0 amide bonds. The summed E-state index contributed by atoms with van der Waals surface area (Å²) in [5.74, 6) is 0.402. The number of hydrogen-bond acceptors (Lipinski definition) is 3. The van der Waals surface area contributed by atoms with Crippen molar-refractivity contribution in [1.29, 1.82) is 0 Å². The molecule has 0 radical (unpaired) electrons. The van der Waals surface area contributed by atoms with Crippen LogP contribution in [0, 0.1) is 23.2 Å². The SMILES string of the molecule is Cc1cc(CC(C)CC(C)(C)C)n(N=O)c(=O)c1. The standard InChI is InChI=1S/C14H22N2O2/c1-10-6-12(16(15-18)13(17)8-10)7-11(2)9-14(3,4)5/h6,8,11H,7,9H2,1-5H3. The van der Waals surface area contributed by atoms with E-state index in [1.165, 1.54) is 6.07 Å². The van der Waals surface area contributed by atoms with Gasteiger partial charge in [-0.25, -0.2) is 0 Å². The zero-order chi connectivity index (χ0) is 13.9. The van der Waals surface area contributed by atoms with E-state index in [0.29, 0.717) is 18.0 Å². The predicted molar refractivity (Wildman–Crippen MR) is 73.6 cm³/mol. The summed E-state index contributed by atoms with van der Waals surface area (Å²) < 4.78 is 0.964. The second-order valence-electron chi connectivity index (χ2n) is 6.33. The van der Waals surface area contributed by atoms with Crippen LogP contribution in [0.2, 0.25) is 0 Å². The van der Waals surface area contributed by atoms with E-state index >= 15 is 0 Å². The third-order valence-corrected chi connectivity index (χ3v) is 2.83. The minimum absolute atomic E-state index is 0.239. The van der Waals surface area contributed by atoms with Gasteiger partial charge in [0.15, 0.2) is 0 Å². The van der Waals surface area contributed by atoms with E-state index in [0.717, 1.165) is 16.7 Å². The lowest BCUT2D eigenvalue weighted by Gasteiger charge is -2.23. The lowest BCUT2D eigenvalue weighted by atomic mass is 9.83. The smallest absolute Gasteiger partial charge is 0.267 e. The Morgan fingerprint density at radius 1 is 1.33 bits per heavy atom. The summed E-state index contributed by atoms with van der Waals surface area (Å²) in [6, 6.07) is 3.29. The molecule has 0 N–H and O–H groups in total. The molecule has 1 aromatic rings. The molecule has 4 heteroatoms. The molecule has 0 aromatic carbocycles. The maximum absolute atomic E-state index is 11.6. The average Bonchev–Trinajstić information content (AvgIpc) is 2.13. The Balaban J connectivity index is 2.97. The van der Waals surface area contributed by atoms with Gasteiger partial charge in [-0.15, -0.1) is 4.91 Å². The largest absolute Gasteiger partial charge is 0.273 e. The summed E-state index contributed by atoms with van der Waals surface area (Å²) in [5.41, 5.74) is 1.47. The monoisotopic (exact) mass is 250 g/mol. The van der Waals surface area contributed by atoms with Gasteiger partial charge in [-0.05, 0) is 42.7 Å². The van der Waals surface area contributed by atoms with Crippen molar-refractivity contribution in [3.05, 3.63) is 38.7 Å². The molecule has 0 aliphatic carbocycles. The number of pyridine rings is 1. The first kappa shape index (κ1) is 14.6. The Morgan fingerprint density at radius 2 is 1.94 bits per heavy atom. The molecule has 4 nitrogen and oxygen atoms in total. The van der Waals surface area contributed by atoms with Crippen molar-refractivity contribution < 1.29 is 0 Å².